The fourth-order valence-electron chi connectivity index (χ4n) is 5.42. The molecule has 1 aliphatic rings. The molecule has 212 valence electrons. The van der Waals surface area contributed by atoms with Gasteiger partial charge in [0.05, 0.1) is 23.1 Å². The lowest BCUT2D eigenvalue weighted by Crippen LogP contribution is -2.41. The van der Waals surface area contributed by atoms with Crippen molar-refractivity contribution in [2.75, 3.05) is 18.8 Å². The third-order valence-electron chi connectivity index (χ3n) is 7.75. The molecule has 0 saturated carbocycles. The Labute approximate surface area is 239 Å². The number of piperidine rings is 1. The molecule has 0 radical (unpaired) electrons. The number of anilines is 1. The highest BCUT2D eigenvalue weighted by Crippen LogP contribution is 2.35. The van der Waals surface area contributed by atoms with Crippen molar-refractivity contribution in [2.45, 2.75) is 25.7 Å². The van der Waals surface area contributed by atoms with E-state index in [2.05, 4.69) is 15.1 Å². The zero-order valence-electron chi connectivity index (χ0n) is 23.1. The van der Waals surface area contributed by atoms with E-state index in [1.54, 1.807) is 17.3 Å². The Kier molecular flexibility index (Phi) is 6.73. The highest BCUT2D eigenvalue weighted by molar-refractivity contribution is 6.00. The van der Waals surface area contributed by atoms with Crippen LogP contribution in [0.25, 0.3) is 28.0 Å². The van der Waals surface area contributed by atoms with Crippen molar-refractivity contribution in [1.29, 1.82) is 0 Å². The third kappa shape index (κ3) is 4.66. The van der Waals surface area contributed by atoms with Crippen LogP contribution in [0.3, 0.4) is 0 Å². The van der Waals surface area contributed by atoms with Gasteiger partial charge in [-0.1, -0.05) is 36.4 Å². The van der Waals surface area contributed by atoms with Gasteiger partial charge >= 0.3 is 5.69 Å². The molecular weight excluding hydrogens is 536 g/mol. The number of ketones is 1. The molecule has 12 heteroatoms. The van der Waals surface area contributed by atoms with Crippen molar-refractivity contribution < 1.29 is 9.59 Å². The Morgan fingerprint density at radius 3 is 2.38 bits per heavy atom. The van der Waals surface area contributed by atoms with Crippen LogP contribution in [0, 0.1) is 0 Å². The van der Waals surface area contributed by atoms with E-state index in [1.165, 1.54) is 18.5 Å². The molecule has 12 nitrogen and oxygen atoms in total. The number of carbonyl (C=O) groups excluding carboxylic acids is 2. The van der Waals surface area contributed by atoms with E-state index in [0.29, 0.717) is 42.8 Å². The molecule has 1 aromatic carbocycles. The lowest BCUT2D eigenvalue weighted by molar-refractivity contribution is 0.0704. The number of nitrogen functional groups attached to an aromatic ring is 1. The number of aromatic amines is 1. The molecule has 0 unspecified atom stereocenters. The number of hydrogen-bond donors (Lipinski definition) is 2. The second-order valence-electron chi connectivity index (χ2n) is 10.4. The molecule has 0 atom stereocenters. The molecule has 1 fully saturated rings. The highest BCUT2D eigenvalue weighted by atomic mass is 16.2. The molecule has 6 rings (SSSR count). The molecule has 1 aliphatic heterocycles. The summed E-state index contributed by atoms with van der Waals surface area (Å²) >= 11 is 0. The maximum Gasteiger partial charge on any atom is 0.328 e. The van der Waals surface area contributed by atoms with E-state index in [9.17, 15) is 19.2 Å². The fourth-order valence-corrected chi connectivity index (χ4v) is 5.42. The number of pyridine rings is 1. The SMILES string of the molecule is CC(=O)c1c(C2CCN(C(=O)c3cc(=O)n(C)c(=O)[nH]3)CC2)nc2c(-c3ccc(-c4ccccc4)nc3)cnn2c1N. The summed E-state index contributed by atoms with van der Waals surface area (Å²) in [5.41, 5.74) is 10.0. The van der Waals surface area contributed by atoms with Gasteiger partial charge in [-0.3, -0.25) is 23.9 Å². The zero-order valence-corrected chi connectivity index (χ0v) is 23.1. The van der Waals surface area contributed by atoms with Crippen LogP contribution in [0.5, 0.6) is 0 Å². The lowest BCUT2D eigenvalue weighted by Gasteiger charge is -2.32. The predicted octanol–water partition coefficient (Wildman–Crippen LogP) is 2.65. The third-order valence-corrected chi connectivity index (χ3v) is 7.75. The molecule has 3 N–H and O–H groups in total. The first kappa shape index (κ1) is 26.8. The summed E-state index contributed by atoms with van der Waals surface area (Å²) in [7, 11) is 1.34. The van der Waals surface area contributed by atoms with Gasteiger partial charge in [-0.05, 0) is 25.8 Å². The summed E-state index contributed by atoms with van der Waals surface area (Å²) in [5, 5.41) is 4.43. The summed E-state index contributed by atoms with van der Waals surface area (Å²) in [5.74, 6) is -0.593. The number of likely N-dealkylation sites (tertiary alicyclic amines) is 1. The zero-order chi connectivity index (χ0) is 29.5. The van der Waals surface area contributed by atoms with Crippen molar-refractivity contribution in [3.05, 3.63) is 98.7 Å². The number of aromatic nitrogens is 6. The molecule has 5 heterocycles. The number of carbonyl (C=O) groups is 2. The van der Waals surface area contributed by atoms with Gasteiger partial charge in [0.2, 0.25) is 0 Å². The fraction of sp³-hybridized carbons (Fsp3) is 0.233. The first-order valence-electron chi connectivity index (χ1n) is 13.5. The number of fused-ring (bicyclic) bond motifs is 1. The molecule has 0 bridgehead atoms. The van der Waals surface area contributed by atoms with Gasteiger partial charge in [-0.15, -0.1) is 0 Å². The van der Waals surface area contributed by atoms with Crippen LogP contribution < -0.4 is 17.0 Å². The summed E-state index contributed by atoms with van der Waals surface area (Å²) in [6, 6.07) is 14.9. The smallest absolute Gasteiger partial charge is 0.328 e. The number of hydrogen-bond acceptors (Lipinski definition) is 8. The second-order valence-corrected chi connectivity index (χ2v) is 10.4. The van der Waals surface area contributed by atoms with Crippen LogP contribution in [0.15, 0.2) is 70.5 Å². The van der Waals surface area contributed by atoms with Crippen molar-refractivity contribution in [1.82, 2.24) is 34.0 Å². The first-order valence-corrected chi connectivity index (χ1v) is 13.5. The van der Waals surface area contributed by atoms with Gasteiger partial charge < -0.3 is 15.6 Å². The minimum atomic E-state index is -0.652. The van der Waals surface area contributed by atoms with Gasteiger partial charge in [0.1, 0.15) is 11.5 Å². The summed E-state index contributed by atoms with van der Waals surface area (Å²) in [4.78, 5) is 63.4. The second kappa shape index (κ2) is 10.5. The van der Waals surface area contributed by atoms with E-state index in [4.69, 9.17) is 10.7 Å². The summed E-state index contributed by atoms with van der Waals surface area (Å²) < 4.78 is 2.38. The molecule has 0 aliphatic carbocycles. The van der Waals surface area contributed by atoms with Crippen molar-refractivity contribution in [3.63, 3.8) is 0 Å². The Morgan fingerprint density at radius 2 is 1.74 bits per heavy atom. The number of Topliss-reactive ketones (excluding diaryl/α,β-unsaturated/α-hetero) is 1. The Bertz CT molecular complexity index is 1920. The Balaban J connectivity index is 1.31. The normalized spacial score (nSPS) is 13.9. The molecule has 1 amide bonds. The minimum Gasteiger partial charge on any atom is -0.383 e. The largest absolute Gasteiger partial charge is 0.383 e. The standard InChI is InChI=1S/C30H28N8O4/c1-17(39)25-26(19-10-12-37(13-11-19)29(41)23-14-24(40)36(2)30(42)34-23)35-28-21(16-33-38(28)27(25)31)20-8-9-22(32-15-20)18-6-4-3-5-7-18/h3-9,14-16,19H,10-13,31H2,1-2H3,(H,34,42). The maximum atomic E-state index is 13.0. The first-order chi connectivity index (χ1) is 20.2. The maximum absolute atomic E-state index is 13.0. The number of nitrogens with two attached hydrogens (primary N) is 1. The van der Waals surface area contributed by atoms with Crippen LogP contribution in [-0.4, -0.2) is 58.8 Å². The van der Waals surface area contributed by atoms with Crippen molar-refractivity contribution in [3.8, 4) is 22.4 Å². The minimum absolute atomic E-state index is 0.0504. The lowest BCUT2D eigenvalue weighted by atomic mass is 9.89. The highest BCUT2D eigenvalue weighted by Gasteiger charge is 2.31. The summed E-state index contributed by atoms with van der Waals surface area (Å²) in [6.45, 7) is 2.15. The van der Waals surface area contributed by atoms with Crippen LogP contribution in [0.1, 0.15) is 52.2 Å². The van der Waals surface area contributed by atoms with Crippen molar-refractivity contribution >= 4 is 23.2 Å². The predicted molar refractivity (Wildman–Crippen MR) is 156 cm³/mol. The van der Waals surface area contributed by atoms with Crippen molar-refractivity contribution in [2.24, 2.45) is 7.05 Å². The monoisotopic (exact) mass is 564 g/mol. The molecule has 4 aromatic heterocycles. The van der Waals surface area contributed by atoms with Gasteiger partial charge in [-0.25, -0.2) is 9.78 Å². The van der Waals surface area contributed by atoms with E-state index in [0.717, 1.165) is 33.0 Å². The molecule has 1 saturated heterocycles. The van der Waals surface area contributed by atoms with E-state index >= 15 is 0 Å². The number of nitrogens with one attached hydrogen (secondary N) is 1. The Morgan fingerprint density at radius 1 is 1.00 bits per heavy atom. The molecule has 42 heavy (non-hydrogen) atoms. The van der Waals surface area contributed by atoms with Gasteiger partial charge in [-0.2, -0.15) is 9.61 Å². The number of benzene rings is 1. The summed E-state index contributed by atoms with van der Waals surface area (Å²) in [6.07, 6.45) is 4.46. The van der Waals surface area contributed by atoms with E-state index < -0.39 is 17.2 Å². The number of rotatable bonds is 5. The quantitative estimate of drug-likeness (QED) is 0.308. The van der Waals surface area contributed by atoms with Crippen LogP contribution >= 0.6 is 0 Å². The van der Waals surface area contributed by atoms with Gasteiger partial charge in [0.15, 0.2) is 11.4 Å². The number of H-pyrrole nitrogens is 1. The average Bonchev–Trinajstić information content (AvgIpc) is 3.44. The van der Waals surface area contributed by atoms with Gasteiger partial charge in [0, 0.05) is 55.0 Å². The van der Waals surface area contributed by atoms with E-state index in [-0.39, 0.29) is 23.2 Å². The molecule has 5 aromatic rings. The van der Waals surface area contributed by atoms with Gasteiger partial charge in [0.25, 0.3) is 11.5 Å². The number of nitrogens with zero attached hydrogens (tertiary/aromatic N) is 6. The topological polar surface area (TPSA) is 161 Å². The van der Waals surface area contributed by atoms with Crippen LogP contribution in [-0.2, 0) is 7.05 Å². The Hall–Kier alpha value is -5.39. The molecular formula is C30H28N8O4. The molecule has 0 spiro atoms. The van der Waals surface area contributed by atoms with Crippen LogP contribution in [0.2, 0.25) is 0 Å². The van der Waals surface area contributed by atoms with E-state index in [1.807, 2.05) is 42.5 Å². The average molecular weight is 565 g/mol. The number of amides is 1. The van der Waals surface area contributed by atoms with Crippen LogP contribution in [0.4, 0.5) is 5.82 Å².